The molecule has 27 heavy (non-hydrogen) atoms. The molecule has 3 rings (SSSR count). The summed E-state index contributed by atoms with van der Waals surface area (Å²) >= 11 is 1.47. The van der Waals surface area contributed by atoms with Gasteiger partial charge in [0.25, 0.3) is 0 Å². The largest absolute Gasteiger partial charge is 0.475 e. The first-order valence-corrected chi connectivity index (χ1v) is 8.94. The van der Waals surface area contributed by atoms with E-state index in [9.17, 15) is 14.9 Å². The van der Waals surface area contributed by atoms with E-state index in [1.54, 1.807) is 6.07 Å². The third kappa shape index (κ3) is 4.89. The molecule has 3 aromatic rings. The van der Waals surface area contributed by atoms with Gasteiger partial charge in [-0.25, -0.2) is 9.78 Å². The van der Waals surface area contributed by atoms with Crippen molar-refractivity contribution in [1.82, 2.24) is 4.98 Å². The lowest BCUT2D eigenvalue weighted by Crippen LogP contribution is -2.15. The van der Waals surface area contributed by atoms with E-state index >= 15 is 0 Å². The molecule has 0 aliphatic rings. The van der Waals surface area contributed by atoms with Gasteiger partial charge in [0.15, 0.2) is 12.4 Å². The monoisotopic (exact) mass is 384 g/mol. The van der Waals surface area contributed by atoms with E-state index < -0.39 is 17.5 Å². The van der Waals surface area contributed by atoms with E-state index in [4.69, 9.17) is 9.47 Å². The quantitative estimate of drug-likeness (QED) is 0.345. The molecular weight excluding hydrogens is 368 g/mol. The molecule has 1 aromatic heterocycles. The van der Waals surface area contributed by atoms with Crippen LogP contribution in [0.2, 0.25) is 0 Å². The van der Waals surface area contributed by atoms with Gasteiger partial charge in [-0.15, -0.1) is 11.3 Å². The SMILES string of the molecule is Cc1ccc(-c2nc(COC(=O)COc3ccccc3[N+](=O)[O-])cs2)cc1. The van der Waals surface area contributed by atoms with Gasteiger partial charge in [0.1, 0.15) is 11.6 Å². The molecule has 0 fully saturated rings. The number of rotatable bonds is 7. The number of esters is 1. The lowest BCUT2D eigenvalue weighted by molar-refractivity contribution is -0.385. The van der Waals surface area contributed by atoms with Gasteiger partial charge < -0.3 is 9.47 Å². The minimum absolute atomic E-state index is 0.0153. The van der Waals surface area contributed by atoms with E-state index in [1.165, 1.54) is 35.1 Å². The minimum atomic E-state index is -0.627. The van der Waals surface area contributed by atoms with Gasteiger partial charge in [0, 0.05) is 17.0 Å². The Morgan fingerprint density at radius 1 is 1.19 bits per heavy atom. The summed E-state index contributed by atoms with van der Waals surface area (Å²) in [5, 5.41) is 13.6. The van der Waals surface area contributed by atoms with E-state index in [0.29, 0.717) is 5.69 Å². The van der Waals surface area contributed by atoms with Crippen LogP contribution in [0.5, 0.6) is 5.75 Å². The fraction of sp³-hybridized carbons (Fsp3) is 0.158. The highest BCUT2D eigenvalue weighted by atomic mass is 32.1. The third-order valence-corrected chi connectivity index (χ3v) is 4.58. The van der Waals surface area contributed by atoms with Crippen molar-refractivity contribution in [2.45, 2.75) is 13.5 Å². The molecule has 2 aromatic carbocycles. The number of para-hydroxylation sites is 2. The second kappa shape index (κ2) is 8.41. The molecule has 0 aliphatic heterocycles. The van der Waals surface area contributed by atoms with E-state index in [2.05, 4.69) is 4.98 Å². The number of hydrogen-bond donors (Lipinski definition) is 0. The van der Waals surface area contributed by atoms with Gasteiger partial charge in [0.2, 0.25) is 0 Å². The molecule has 8 heteroatoms. The molecule has 0 unspecified atom stereocenters. The van der Waals surface area contributed by atoms with Crippen molar-refractivity contribution in [3.63, 3.8) is 0 Å². The van der Waals surface area contributed by atoms with Crippen LogP contribution in [0.1, 0.15) is 11.3 Å². The van der Waals surface area contributed by atoms with Gasteiger partial charge in [0.05, 0.1) is 10.6 Å². The van der Waals surface area contributed by atoms with Crippen LogP contribution < -0.4 is 4.74 Å². The smallest absolute Gasteiger partial charge is 0.344 e. The zero-order chi connectivity index (χ0) is 19.2. The molecule has 0 bridgehead atoms. The summed E-state index contributed by atoms with van der Waals surface area (Å²) in [6, 6.07) is 13.9. The zero-order valence-corrected chi connectivity index (χ0v) is 15.3. The maximum Gasteiger partial charge on any atom is 0.344 e. The average Bonchev–Trinajstić information content (AvgIpc) is 3.14. The van der Waals surface area contributed by atoms with Gasteiger partial charge in [-0.1, -0.05) is 42.0 Å². The molecule has 0 aliphatic carbocycles. The van der Waals surface area contributed by atoms with Crippen LogP contribution in [-0.4, -0.2) is 22.5 Å². The Balaban J connectivity index is 1.53. The molecule has 138 valence electrons. The van der Waals surface area contributed by atoms with Crippen molar-refractivity contribution in [1.29, 1.82) is 0 Å². The summed E-state index contributed by atoms with van der Waals surface area (Å²) in [4.78, 5) is 26.6. The van der Waals surface area contributed by atoms with Gasteiger partial charge >= 0.3 is 11.7 Å². The molecule has 0 amide bonds. The highest BCUT2D eigenvalue weighted by Crippen LogP contribution is 2.26. The normalized spacial score (nSPS) is 10.4. The van der Waals surface area contributed by atoms with Crippen molar-refractivity contribution in [3.05, 3.63) is 75.3 Å². The lowest BCUT2D eigenvalue weighted by atomic mass is 10.2. The first kappa shape index (κ1) is 18.5. The van der Waals surface area contributed by atoms with E-state index in [0.717, 1.165) is 10.6 Å². The number of ether oxygens (including phenoxy) is 2. The third-order valence-electron chi connectivity index (χ3n) is 3.64. The Morgan fingerprint density at radius 2 is 1.93 bits per heavy atom. The molecule has 7 nitrogen and oxygen atoms in total. The first-order chi connectivity index (χ1) is 13.0. The van der Waals surface area contributed by atoms with Crippen LogP contribution in [0.25, 0.3) is 10.6 Å². The molecule has 0 saturated heterocycles. The molecule has 0 spiro atoms. The molecule has 0 atom stereocenters. The zero-order valence-electron chi connectivity index (χ0n) is 14.5. The number of thiazole rings is 1. The summed E-state index contributed by atoms with van der Waals surface area (Å²) in [5.74, 6) is -0.604. The number of aromatic nitrogens is 1. The van der Waals surface area contributed by atoms with Crippen LogP contribution in [0, 0.1) is 17.0 Å². The molecule has 1 heterocycles. The number of carbonyl (C=O) groups is 1. The molecule has 0 N–H and O–H groups in total. The number of nitro benzene ring substituents is 1. The Kier molecular flexibility index (Phi) is 5.77. The van der Waals surface area contributed by atoms with Crippen molar-refractivity contribution >= 4 is 23.0 Å². The van der Waals surface area contributed by atoms with Crippen molar-refractivity contribution in [2.24, 2.45) is 0 Å². The van der Waals surface area contributed by atoms with Gasteiger partial charge in [-0.05, 0) is 13.0 Å². The lowest BCUT2D eigenvalue weighted by Gasteiger charge is -2.06. The predicted molar refractivity (Wildman–Crippen MR) is 101 cm³/mol. The van der Waals surface area contributed by atoms with E-state index in [1.807, 2.05) is 36.6 Å². The van der Waals surface area contributed by atoms with Crippen molar-refractivity contribution in [2.75, 3.05) is 6.61 Å². The number of benzene rings is 2. The van der Waals surface area contributed by atoms with Crippen LogP contribution in [0.15, 0.2) is 53.9 Å². The minimum Gasteiger partial charge on any atom is -0.475 e. The maximum absolute atomic E-state index is 11.8. The summed E-state index contributed by atoms with van der Waals surface area (Å²) in [6.45, 7) is 1.61. The second-order valence-electron chi connectivity index (χ2n) is 5.68. The summed E-state index contributed by atoms with van der Waals surface area (Å²) in [7, 11) is 0. The fourth-order valence-corrected chi connectivity index (χ4v) is 3.08. The summed E-state index contributed by atoms with van der Waals surface area (Å²) < 4.78 is 10.3. The standard InChI is InChI=1S/C19H16N2O5S/c1-13-6-8-14(9-7-13)19-20-15(12-27-19)10-26-18(22)11-25-17-5-3-2-4-16(17)21(23)24/h2-9,12H,10-11H2,1H3. The topological polar surface area (TPSA) is 91.6 Å². The maximum atomic E-state index is 11.8. The number of carbonyl (C=O) groups excluding carboxylic acids is 1. The number of nitrogens with zero attached hydrogens (tertiary/aromatic N) is 2. The molecule has 0 saturated carbocycles. The van der Waals surface area contributed by atoms with Crippen LogP contribution in [-0.2, 0) is 16.1 Å². The second-order valence-corrected chi connectivity index (χ2v) is 6.54. The Bertz CT molecular complexity index is 953. The van der Waals surface area contributed by atoms with Crippen LogP contribution in [0.4, 0.5) is 5.69 Å². The number of aryl methyl sites for hydroxylation is 1. The number of nitro groups is 1. The van der Waals surface area contributed by atoms with Crippen LogP contribution in [0.3, 0.4) is 0 Å². The van der Waals surface area contributed by atoms with E-state index in [-0.39, 0.29) is 18.0 Å². The fourth-order valence-electron chi connectivity index (χ4n) is 2.26. The summed E-state index contributed by atoms with van der Waals surface area (Å²) in [6.07, 6.45) is 0. The Morgan fingerprint density at radius 3 is 2.67 bits per heavy atom. The van der Waals surface area contributed by atoms with Crippen molar-refractivity contribution in [3.8, 4) is 16.3 Å². The van der Waals surface area contributed by atoms with Crippen LogP contribution >= 0.6 is 11.3 Å². The Hall–Kier alpha value is -3.26. The van der Waals surface area contributed by atoms with Gasteiger partial charge in [-0.3, -0.25) is 10.1 Å². The predicted octanol–water partition coefficient (Wildman–Crippen LogP) is 4.15. The number of hydrogen-bond acceptors (Lipinski definition) is 7. The first-order valence-electron chi connectivity index (χ1n) is 8.06. The average molecular weight is 384 g/mol. The molecule has 0 radical (unpaired) electrons. The highest BCUT2D eigenvalue weighted by molar-refractivity contribution is 7.13. The summed E-state index contributed by atoms with van der Waals surface area (Å²) in [5.41, 5.74) is 2.60. The highest BCUT2D eigenvalue weighted by Gasteiger charge is 2.15. The van der Waals surface area contributed by atoms with Gasteiger partial charge in [-0.2, -0.15) is 0 Å². The Labute approximate surface area is 159 Å². The van der Waals surface area contributed by atoms with Crippen molar-refractivity contribution < 1.29 is 19.2 Å². The molecular formula is C19H16N2O5S.